The van der Waals surface area contributed by atoms with Crippen molar-refractivity contribution in [3.63, 3.8) is 0 Å². The first kappa shape index (κ1) is 14.6. The van der Waals surface area contributed by atoms with Gasteiger partial charge in [0.15, 0.2) is 0 Å². The zero-order valence-corrected chi connectivity index (χ0v) is 11.9. The van der Waals surface area contributed by atoms with Crippen molar-refractivity contribution in [2.75, 3.05) is 19.6 Å². The Bertz CT molecular complexity index is 558. The minimum atomic E-state index is -0.405. The molecule has 1 atom stereocenters. The molecule has 20 heavy (non-hydrogen) atoms. The Hall–Kier alpha value is -1.83. The van der Waals surface area contributed by atoms with Crippen molar-refractivity contribution in [1.82, 2.24) is 4.90 Å². The molecule has 0 spiro atoms. The van der Waals surface area contributed by atoms with Gasteiger partial charge in [0.25, 0.3) is 0 Å². The van der Waals surface area contributed by atoms with Crippen LogP contribution in [-0.4, -0.2) is 30.4 Å². The molecule has 4 nitrogen and oxygen atoms in total. The van der Waals surface area contributed by atoms with Gasteiger partial charge >= 0.3 is 0 Å². The zero-order valence-electron chi connectivity index (χ0n) is 11.9. The van der Waals surface area contributed by atoms with Gasteiger partial charge < -0.3 is 11.5 Å². The molecule has 4 heteroatoms. The summed E-state index contributed by atoms with van der Waals surface area (Å²) < 4.78 is 0. The standard InChI is InChI=1S/C16H21N3O/c1-16(15(18)20)8-10-19(12-16)11-14-6-3-2-5-13(14)7-4-9-17/h2-3,5-6H,8-12,17H2,1H3,(H2,18,20). The quantitative estimate of drug-likeness (QED) is 0.795. The topological polar surface area (TPSA) is 72.4 Å². The summed E-state index contributed by atoms with van der Waals surface area (Å²) in [5, 5.41) is 0. The fourth-order valence-electron chi connectivity index (χ4n) is 2.56. The molecule has 1 unspecified atom stereocenters. The fraction of sp³-hybridized carbons (Fsp3) is 0.438. The van der Waals surface area contributed by atoms with Crippen LogP contribution in [0.15, 0.2) is 24.3 Å². The van der Waals surface area contributed by atoms with E-state index in [1.807, 2.05) is 25.1 Å². The molecule has 1 aliphatic rings. The molecule has 106 valence electrons. The van der Waals surface area contributed by atoms with Crippen molar-refractivity contribution in [1.29, 1.82) is 0 Å². The van der Waals surface area contributed by atoms with E-state index in [1.54, 1.807) is 0 Å². The predicted octanol–water partition coefficient (Wildman–Crippen LogP) is 0.694. The minimum Gasteiger partial charge on any atom is -0.369 e. The number of benzene rings is 1. The van der Waals surface area contributed by atoms with Gasteiger partial charge in [-0.25, -0.2) is 0 Å². The molecular weight excluding hydrogens is 250 g/mol. The Balaban J connectivity index is 2.10. The van der Waals surface area contributed by atoms with Crippen molar-refractivity contribution in [2.45, 2.75) is 19.9 Å². The van der Waals surface area contributed by atoms with E-state index in [2.05, 4.69) is 22.8 Å². The number of nitrogens with two attached hydrogens (primary N) is 2. The molecule has 0 aliphatic carbocycles. The monoisotopic (exact) mass is 271 g/mol. The van der Waals surface area contributed by atoms with Crippen LogP contribution in [0.2, 0.25) is 0 Å². The Morgan fingerprint density at radius 1 is 1.45 bits per heavy atom. The molecule has 1 aliphatic heterocycles. The van der Waals surface area contributed by atoms with Gasteiger partial charge in [-0.2, -0.15) is 0 Å². The van der Waals surface area contributed by atoms with Gasteiger partial charge in [-0.3, -0.25) is 9.69 Å². The molecule has 1 saturated heterocycles. The maximum absolute atomic E-state index is 11.5. The highest BCUT2D eigenvalue weighted by atomic mass is 16.1. The van der Waals surface area contributed by atoms with Crippen LogP contribution in [-0.2, 0) is 11.3 Å². The number of primary amides is 1. The minimum absolute atomic E-state index is 0.212. The van der Waals surface area contributed by atoms with E-state index < -0.39 is 5.41 Å². The van der Waals surface area contributed by atoms with Gasteiger partial charge in [0, 0.05) is 18.7 Å². The third kappa shape index (κ3) is 3.19. The first-order valence-corrected chi connectivity index (χ1v) is 6.84. The first-order chi connectivity index (χ1) is 9.55. The van der Waals surface area contributed by atoms with E-state index >= 15 is 0 Å². The van der Waals surface area contributed by atoms with Crippen LogP contribution in [0, 0.1) is 17.3 Å². The number of rotatable bonds is 3. The number of hydrogen-bond donors (Lipinski definition) is 2. The predicted molar refractivity (Wildman–Crippen MR) is 79.6 cm³/mol. The maximum Gasteiger partial charge on any atom is 0.224 e. The van der Waals surface area contributed by atoms with Crippen molar-refractivity contribution < 1.29 is 4.79 Å². The summed E-state index contributed by atoms with van der Waals surface area (Å²) in [5.41, 5.74) is 12.7. The number of hydrogen-bond acceptors (Lipinski definition) is 3. The highest BCUT2D eigenvalue weighted by Crippen LogP contribution is 2.30. The van der Waals surface area contributed by atoms with Crippen molar-refractivity contribution >= 4 is 5.91 Å². The lowest BCUT2D eigenvalue weighted by atomic mass is 9.89. The van der Waals surface area contributed by atoms with Gasteiger partial charge in [0.2, 0.25) is 5.91 Å². The zero-order chi connectivity index (χ0) is 14.6. The van der Waals surface area contributed by atoms with E-state index in [0.717, 1.165) is 25.1 Å². The molecule has 0 saturated carbocycles. The molecule has 4 N–H and O–H groups in total. The molecule has 1 amide bonds. The highest BCUT2D eigenvalue weighted by Gasteiger charge is 2.38. The molecule has 1 aromatic rings. The number of nitrogens with zero attached hydrogens (tertiary/aromatic N) is 1. The molecule has 1 fully saturated rings. The van der Waals surface area contributed by atoms with Crippen LogP contribution in [0.1, 0.15) is 24.5 Å². The first-order valence-electron chi connectivity index (χ1n) is 6.84. The van der Waals surface area contributed by atoms with Crippen LogP contribution in [0.5, 0.6) is 0 Å². The summed E-state index contributed by atoms with van der Waals surface area (Å²) in [6.45, 7) is 4.69. The van der Waals surface area contributed by atoms with Crippen molar-refractivity contribution in [2.24, 2.45) is 16.9 Å². The fourth-order valence-corrected chi connectivity index (χ4v) is 2.56. The van der Waals surface area contributed by atoms with E-state index in [4.69, 9.17) is 11.5 Å². The summed E-state index contributed by atoms with van der Waals surface area (Å²) in [5.74, 6) is 5.77. The van der Waals surface area contributed by atoms with Crippen LogP contribution in [0.3, 0.4) is 0 Å². The average Bonchev–Trinajstić information content (AvgIpc) is 2.81. The molecular formula is C16H21N3O. The van der Waals surface area contributed by atoms with Crippen LogP contribution >= 0.6 is 0 Å². The summed E-state index contributed by atoms with van der Waals surface area (Å²) in [6, 6.07) is 8.05. The second-order valence-electron chi connectivity index (χ2n) is 5.55. The molecule has 1 aromatic carbocycles. The summed E-state index contributed by atoms with van der Waals surface area (Å²) in [6.07, 6.45) is 0.818. The Morgan fingerprint density at radius 2 is 2.20 bits per heavy atom. The SMILES string of the molecule is CC1(C(N)=O)CCN(Cc2ccccc2C#CCN)C1. The van der Waals surface area contributed by atoms with Crippen molar-refractivity contribution in [3.8, 4) is 11.8 Å². The molecule has 0 radical (unpaired) electrons. The summed E-state index contributed by atoms with van der Waals surface area (Å²) in [7, 11) is 0. The normalized spacial score (nSPS) is 22.3. The number of carbonyl (C=O) groups is 1. The molecule has 2 rings (SSSR count). The van der Waals surface area contributed by atoms with E-state index in [-0.39, 0.29) is 5.91 Å². The lowest BCUT2D eigenvalue weighted by molar-refractivity contribution is -0.126. The second kappa shape index (κ2) is 6.08. The van der Waals surface area contributed by atoms with E-state index in [1.165, 1.54) is 5.56 Å². The molecule has 0 bridgehead atoms. The number of amides is 1. The smallest absolute Gasteiger partial charge is 0.224 e. The van der Waals surface area contributed by atoms with Gasteiger partial charge in [-0.15, -0.1) is 0 Å². The second-order valence-corrected chi connectivity index (χ2v) is 5.55. The number of likely N-dealkylation sites (tertiary alicyclic amines) is 1. The van der Waals surface area contributed by atoms with Crippen LogP contribution < -0.4 is 11.5 Å². The highest BCUT2D eigenvalue weighted by molar-refractivity contribution is 5.81. The number of carbonyl (C=O) groups excluding carboxylic acids is 1. The van der Waals surface area contributed by atoms with Crippen LogP contribution in [0.4, 0.5) is 0 Å². The summed E-state index contributed by atoms with van der Waals surface area (Å²) in [4.78, 5) is 13.7. The van der Waals surface area contributed by atoms with Crippen LogP contribution in [0.25, 0.3) is 0 Å². The average molecular weight is 271 g/mol. The Kier molecular flexibility index (Phi) is 4.43. The van der Waals surface area contributed by atoms with Gasteiger partial charge in [-0.1, -0.05) is 30.0 Å². The third-order valence-electron chi connectivity index (χ3n) is 3.88. The maximum atomic E-state index is 11.5. The van der Waals surface area contributed by atoms with Gasteiger partial charge in [-0.05, 0) is 31.5 Å². The largest absolute Gasteiger partial charge is 0.369 e. The van der Waals surface area contributed by atoms with E-state index in [9.17, 15) is 4.79 Å². The molecule has 1 heterocycles. The Morgan fingerprint density at radius 3 is 2.85 bits per heavy atom. The Labute approximate surface area is 120 Å². The lowest BCUT2D eigenvalue weighted by Gasteiger charge is -2.21. The van der Waals surface area contributed by atoms with E-state index in [0.29, 0.717) is 13.1 Å². The van der Waals surface area contributed by atoms with Gasteiger partial charge in [0.1, 0.15) is 0 Å². The summed E-state index contributed by atoms with van der Waals surface area (Å²) >= 11 is 0. The third-order valence-corrected chi connectivity index (χ3v) is 3.88. The molecule has 0 aromatic heterocycles. The van der Waals surface area contributed by atoms with Crippen molar-refractivity contribution in [3.05, 3.63) is 35.4 Å². The lowest BCUT2D eigenvalue weighted by Crippen LogP contribution is -2.37. The van der Waals surface area contributed by atoms with Gasteiger partial charge in [0.05, 0.1) is 12.0 Å².